The molecule has 3 rings (SSSR count). The van der Waals surface area contributed by atoms with Crippen molar-refractivity contribution in [2.75, 3.05) is 38.0 Å². The lowest BCUT2D eigenvalue weighted by Crippen LogP contribution is -2.41. The van der Waals surface area contributed by atoms with E-state index in [1.165, 1.54) is 6.20 Å². The molecule has 2 saturated heterocycles. The summed E-state index contributed by atoms with van der Waals surface area (Å²) in [4.78, 5) is 35.4. The maximum Gasteiger partial charge on any atom is 0.317 e. The lowest BCUT2D eigenvalue weighted by atomic mass is 10.1. The Morgan fingerprint density at radius 1 is 1.17 bits per heavy atom. The summed E-state index contributed by atoms with van der Waals surface area (Å²) in [5.74, 6) is -0.239. The average molecular weight is 333 g/mol. The molecule has 8 heteroatoms. The molecule has 0 spiro atoms. The van der Waals surface area contributed by atoms with Crippen LogP contribution in [0.3, 0.4) is 0 Å². The fourth-order valence-electron chi connectivity index (χ4n) is 3.26. The number of carboxylic acids is 1. The molecule has 24 heavy (non-hydrogen) atoms. The Bertz CT molecular complexity index is 595. The molecule has 1 amide bonds. The van der Waals surface area contributed by atoms with Gasteiger partial charge in [0.1, 0.15) is 11.5 Å². The third kappa shape index (κ3) is 4.19. The van der Waals surface area contributed by atoms with Gasteiger partial charge in [-0.25, -0.2) is 4.98 Å². The first-order valence-corrected chi connectivity index (χ1v) is 8.44. The number of carboxylic acid groups (broad SMARTS) is 1. The van der Waals surface area contributed by atoms with Gasteiger partial charge >= 0.3 is 5.97 Å². The van der Waals surface area contributed by atoms with E-state index in [2.05, 4.69) is 15.3 Å². The lowest BCUT2D eigenvalue weighted by Gasteiger charge is -2.31. The summed E-state index contributed by atoms with van der Waals surface area (Å²) in [5, 5.41) is 12.1. The fraction of sp³-hybridized carbons (Fsp3) is 0.625. The van der Waals surface area contributed by atoms with Gasteiger partial charge in [0.2, 0.25) is 0 Å². The van der Waals surface area contributed by atoms with Gasteiger partial charge in [0, 0.05) is 32.2 Å². The Kier molecular flexibility index (Phi) is 5.24. The molecule has 2 N–H and O–H groups in total. The molecular weight excluding hydrogens is 310 g/mol. The number of nitrogens with one attached hydrogen (secondary N) is 1. The van der Waals surface area contributed by atoms with Gasteiger partial charge in [0.25, 0.3) is 5.91 Å². The second kappa shape index (κ2) is 7.57. The summed E-state index contributed by atoms with van der Waals surface area (Å²) in [7, 11) is 0. The minimum absolute atomic E-state index is 0.0556. The van der Waals surface area contributed by atoms with Gasteiger partial charge in [-0.15, -0.1) is 0 Å². The number of likely N-dealkylation sites (tertiary alicyclic amines) is 2. The van der Waals surface area contributed by atoms with Crippen LogP contribution < -0.4 is 5.32 Å². The smallest absolute Gasteiger partial charge is 0.317 e. The number of piperidine rings is 1. The highest BCUT2D eigenvalue weighted by Crippen LogP contribution is 2.16. The second-order valence-corrected chi connectivity index (χ2v) is 6.38. The summed E-state index contributed by atoms with van der Waals surface area (Å²) in [6, 6.07) is 0.224. The normalized spacial score (nSPS) is 19.4. The molecule has 2 aliphatic rings. The number of amides is 1. The molecule has 0 aliphatic carbocycles. The van der Waals surface area contributed by atoms with E-state index in [0.717, 1.165) is 51.9 Å². The van der Waals surface area contributed by atoms with E-state index in [1.807, 2.05) is 9.80 Å². The van der Waals surface area contributed by atoms with Gasteiger partial charge in [-0.1, -0.05) is 0 Å². The van der Waals surface area contributed by atoms with Crippen LogP contribution in [-0.2, 0) is 4.79 Å². The minimum Gasteiger partial charge on any atom is -0.480 e. The molecule has 1 aromatic rings. The molecule has 0 radical (unpaired) electrons. The van der Waals surface area contributed by atoms with Crippen LogP contribution in [0.2, 0.25) is 0 Å². The van der Waals surface area contributed by atoms with Crippen molar-refractivity contribution < 1.29 is 14.7 Å². The number of rotatable bonds is 5. The summed E-state index contributed by atoms with van der Waals surface area (Å²) in [6.45, 7) is 3.15. The van der Waals surface area contributed by atoms with Crippen LogP contribution in [0.25, 0.3) is 0 Å². The molecule has 2 aliphatic heterocycles. The predicted molar refractivity (Wildman–Crippen MR) is 87.9 cm³/mol. The third-order valence-corrected chi connectivity index (χ3v) is 4.55. The predicted octanol–water partition coefficient (Wildman–Crippen LogP) is 0.673. The molecule has 8 nitrogen and oxygen atoms in total. The van der Waals surface area contributed by atoms with Crippen LogP contribution in [0.5, 0.6) is 0 Å². The Morgan fingerprint density at radius 3 is 2.54 bits per heavy atom. The maximum atomic E-state index is 12.4. The van der Waals surface area contributed by atoms with Crippen molar-refractivity contribution in [3.8, 4) is 0 Å². The van der Waals surface area contributed by atoms with Crippen molar-refractivity contribution in [2.24, 2.45) is 0 Å². The molecule has 0 saturated carbocycles. The minimum atomic E-state index is -0.791. The van der Waals surface area contributed by atoms with Crippen molar-refractivity contribution in [1.29, 1.82) is 0 Å². The van der Waals surface area contributed by atoms with Crippen molar-refractivity contribution >= 4 is 17.7 Å². The van der Waals surface area contributed by atoms with Crippen LogP contribution in [0.15, 0.2) is 12.4 Å². The van der Waals surface area contributed by atoms with E-state index in [-0.39, 0.29) is 18.5 Å². The molecular formula is C16H23N5O3. The van der Waals surface area contributed by atoms with E-state index in [0.29, 0.717) is 11.5 Å². The Labute approximate surface area is 140 Å². The summed E-state index contributed by atoms with van der Waals surface area (Å²) in [5.41, 5.74) is 0.380. The first-order valence-electron chi connectivity index (χ1n) is 8.44. The highest BCUT2D eigenvalue weighted by Gasteiger charge is 2.23. The van der Waals surface area contributed by atoms with Crippen LogP contribution >= 0.6 is 0 Å². The zero-order chi connectivity index (χ0) is 16.9. The Morgan fingerprint density at radius 2 is 1.88 bits per heavy atom. The number of hydrogen-bond donors (Lipinski definition) is 2. The second-order valence-electron chi connectivity index (χ2n) is 6.38. The highest BCUT2D eigenvalue weighted by atomic mass is 16.4. The van der Waals surface area contributed by atoms with Crippen molar-refractivity contribution in [1.82, 2.24) is 19.8 Å². The SMILES string of the molecule is O=C(O)CN1CCC(Nc2cncc(C(=O)N3CCCC3)n2)CC1. The van der Waals surface area contributed by atoms with E-state index in [4.69, 9.17) is 5.11 Å². The standard InChI is InChI=1S/C16H23N5O3/c22-15(23)11-20-7-3-12(4-8-20)18-14-10-17-9-13(19-14)16(24)21-5-1-2-6-21/h9-10,12H,1-8,11H2,(H,18,19)(H,22,23). The van der Waals surface area contributed by atoms with Gasteiger partial charge in [-0.3, -0.25) is 19.5 Å². The molecule has 3 heterocycles. The molecule has 2 fully saturated rings. The summed E-state index contributed by atoms with van der Waals surface area (Å²) < 4.78 is 0. The topological polar surface area (TPSA) is 98.7 Å². The van der Waals surface area contributed by atoms with Crippen molar-refractivity contribution in [3.05, 3.63) is 18.1 Å². The van der Waals surface area contributed by atoms with E-state index < -0.39 is 5.97 Å². The lowest BCUT2D eigenvalue weighted by molar-refractivity contribution is -0.138. The van der Waals surface area contributed by atoms with Crippen LogP contribution in [0, 0.1) is 0 Å². The fourth-order valence-corrected chi connectivity index (χ4v) is 3.26. The van der Waals surface area contributed by atoms with Gasteiger partial charge in [-0.05, 0) is 25.7 Å². The zero-order valence-electron chi connectivity index (χ0n) is 13.6. The van der Waals surface area contributed by atoms with Gasteiger partial charge in [0.15, 0.2) is 0 Å². The third-order valence-electron chi connectivity index (χ3n) is 4.55. The van der Waals surface area contributed by atoms with Crippen LogP contribution in [0.1, 0.15) is 36.2 Å². The van der Waals surface area contributed by atoms with Crippen LogP contribution in [0.4, 0.5) is 5.82 Å². The summed E-state index contributed by atoms with van der Waals surface area (Å²) >= 11 is 0. The highest BCUT2D eigenvalue weighted by molar-refractivity contribution is 5.92. The van der Waals surface area contributed by atoms with E-state index in [1.54, 1.807) is 6.20 Å². The number of carbonyl (C=O) groups is 2. The summed E-state index contributed by atoms with van der Waals surface area (Å²) in [6.07, 6.45) is 6.93. The number of aliphatic carboxylic acids is 1. The van der Waals surface area contributed by atoms with Crippen molar-refractivity contribution in [2.45, 2.75) is 31.7 Å². The first kappa shape index (κ1) is 16.6. The largest absolute Gasteiger partial charge is 0.480 e. The number of nitrogens with zero attached hydrogens (tertiary/aromatic N) is 4. The average Bonchev–Trinajstić information content (AvgIpc) is 3.10. The van der Waals surface area contributed by atoms with Gasteiger partial charge in [0.05, 0.1) is 18.9 Å². The molecule has 0 unspecified atom stereocenters. The molecule has 0 bridgehead atoms. The number of anilines is 1. The van der Waals surface area contributed by atoms with Crippen LogP contribution in [-0.4, -0.2) is 75.5 Å². The van der Waals surface area contributed by atoms with Crippen molar-refractivity contribution in [3.63, 3.8) is 0 Å². The molecule has 130 valence electrons. The number of hydrogen-bond acceptors (Lipinski definition) is 6. The Hall–Kier alpha value is -2.22. The first-order chi connectivity index (χ1) is 11.6. The van der Waals surface area contributed by atoms with Gasteiger partial charge < -0.3 is 15.3 Å². The monoisotopic (exact) mass is 333 g/mol. The van der Waals surface area contributed by atoms with E-state index in [9.17, 15) is 9.59 Å². The van der Waals surface area contributed by atoms with E-state index >= 15 is 0 Å². The zero-order valence-corrected chi connectivity index (χ0v) is 13.6. The maximum absolute atomic E-state index is 12.4. The Balaban J connectivity index is 1.55. The van der Waals surface area contributed by atoms with Gasteiger partial charge in [-0.2, -0.15) is 0 Å². The quantitative estimate of drug-likeness (QED) is 0.817. The number of aromatic nitrogens is 2. The molecule has 1 aromatic heterocycles. The molecule has 0 atom stereocenters. The molecule has 0 aromatic carbocycles. The number of carbonyl (C=O) groups excluding carboxylic acids is 1.